The van der Waals surface area contributed by atoms with Crippen LogP contribution in [0.5, 0.6) is 11.6 Å². The third kappa shape index (κ3) is 5.70. The second-order valence-electron chi connectivity index (χ2n) is 10.0. The highest BCUT2D eigenvalue weighted by atomic mass is 35.5. The van der Waals surface area contributed by atoms with Crippen LogP contribution in [-0.2, 0) is 12.7 Å². The zero-order valence-corrected chi connectivity index (χ0v) is 22.7. The molecule has 0 saturated heterocycles. The number of aryl methyl sites for hydroxylation is 1. The van der Waals surface area contributed by atoms with Crippen LogP contribution in [0.2, 0.25) is 5.02 Å². The summed E-state index contributed by atoms with van der Waals surface area (Å²) >= 11 is 6.37. The molecule has 0 unspecified atom stereocenters. The first-order valence-electron chi connectivity index (χ1n) is 12.8. The number of anilines is 1. The van der Waals surface area contributed by atoms with E-state index in [0.717, 1.165) is 41.4 Å². The summed E-state index contributed by atoms with van der Waals surface area (Å²) < 4.78 is 48.2. The number of carbonyl (C=O) groups excluding carboxylic acids is 1. The van der Waals surface area contributed by atoms with Crippen molar-refractivity contribution < 1.29 is 27.8 Å². The minimum Gasteiger partial charge on any atom is -0.507 e. The Morgan fingerprint density at radius 2 is 1.95 bits per heavy atom. The first-order chi connectivity index (χ1) is 19.1. The van der Waals surface area contributed by atoms with Gasteiger partial charge in [-0.2, -0.15) is 13.2 Å². The topological polar surface area (TPSA) is 75.0 Å². The molecule has 0 spiro atoms. The Hall–Kier alpha value is -3.85. The molecule has 0 amide bonds. The van der Waals surface area contributed by atoms with Crippen molar-refractivity contribution in [2.75, 3.05) is 25.1 Å². The van der Waals surface area contributed by atoms with Crippen molar-refractivity contribution in [1.29, 1.82) is 0 Å². The maximum Gasteiger partial charge on any atom is 0.435 e. The van der Waals surface area contributed by atoms with Crippen LogP contribution in [-0.4, -0.2) is 42.3 Å². The van der Waals surface area contributed by atoms with Gasteiger partial charge in [0.25, 0.3) is 0 Å². The predicted molar refractivity (Wildman–Crippen MR) is 148 cm³/mol. The molecule has 1 aliphatic carbocycles. The number of phenolic OH excluding ortho intramolecular Hbond substituents is 1. The molecule has 0 bridgehead atoms. The molecular formula is C30H27ClF3N3O3. The van der Waals surface area contributed by atoms with Crippen LogP contribution in [0.1, 0.15) is 45.6 Å². The molecule has 0 radical (unpaired) electrons. The van der Waals surface area contributed by atoms with Crippen LogP contribution in [0.4, 0.5) is 18.9 Å². The number of benzene rings is 2. The number of hydrogen-bond donors (Lipinski definition) is 1. The monoisotopic (exact) mass is 569 g/mol. The Labute approximate surface area is 234 Å². The Balaban J connectivity index is 1.40. The van der Waals surface area contributed by atoms with Crippen molar-refractivity contribution in [2.24, 2.45) is 10.9 Å². The summed E-state index contributed by atoms with van der Waals surface area (Å²) in [5.74, 6) is 0.137. The molecule has 40 heavy (non-hydrogen) atoms. The van der Waals surface area contributed by atoms with Gasteiger partial charge in [-0.3, -0.25) is 9.79 Å². The van der Waals surface area contributed by atoms with Crippen LogP contribution in [0.15, 0.2) is 64.7 Å². The third-order valence-electron chi connectivity index (χ3n) is 7.15. The van der Waals surface area contributed by atoms with Gasteiger partial charge in [-0.25, -0.2) is 4.98 Å². The molecular weight excluding hydrogens is 543 g/mol. The molecule has 2 aromatic carbocycles. The second kappa shape index (κ2) is 11.0. The SMILES string of the molecule is Cc1cc(CN(C)c2ccc(OCC3=C(C4CC4)CN=C3c3c(O)cccc3Cl)nc2C(F)(F)F)ccc1C=O. The van der Waals surface area contributed by atoms with Crippen molar-refractivity contribution in [3.63, 3.8) is 0 Å². The number of ether oxygens (including phenoxy) is 1. The van der Waals surface area contributed by atoms with E-state index >= 15 is 0 Å². The molecule has 2 heterocycles. The summed E-state index contributed by atoms with van der Waals surface area (Å²) in [5, 5.41) is 10.8. The standard InChI is InChI=1S/C30H27ClF3N3O3/c1-17-12-18(6-7-20(17)15-38)14-37(2)24-10-11-26(36-29(24)30(32,33)34)40-16-22-21(19-8-9-19)13-35-28(22)27-23(31)4-3-5-25(27)39/h3-7,10-12,15,19,39H,8-9,13-14,16H2,1-2H3. The summed E-state index contributed by atoms with van der Waals surface area (Å²) in [6, 6.07) is 12.7. The van der Waals surface area contributed by atoms with Crippen molar-refractivity contribution in [3.05, 3.63) is 92.6 Å². The van der Waals surface area contributed by atoms with Gasteiger partial charge in [0.15, 0.2) is 5.69 Å². The summed E-state index contributed by atoms with van der Waals surface area (Å²) in [4.78, 5) is 21.0. The number of aliphatic imine (C=N–C) groups is 1. The Bertz CT molecular complexity index is 1510. The first-order valence-corrected chi connectivity index (χ1v) is 13.2. The highest BCUT2D eigenvalue weighted by Crippen LogP contribution is 2.43. The van der Waals surface area contributed by atoms with Gasteiger partial charge < -0.3 is 14.7 Å². The van der Waals surface area contributed by atoms with Crippen LogP contribution in [0, 0.1) is 12.8 Å². The van der Waals surface area contributed by atoms with Crippen LogP contribution < -0.4 is 9.64 Å². The van der Waals surface area contributed by atoms with Gasteiger partial charge in [-0.1, -0.05) is 35.9 Å². The molecule has 1 N–H and O–H groups in total. The molecule has 208 valence electrons. The fraction of sp³-hybridized carbons (Fsp3) is 0.300. The number of phenols is 1. The Morgan fingerprint density at radius 1 is 1.18 bits per heavy atom. The zero-order valence-electron chi connectivity index (χ0n) is 21.9. The zero-order chi connectivity index (χ0) is 28.6. The molecule has 1 aromatic heterocycles. The summed E-state index contributed by atoms with van der Waals surface area (Å²) in [6.07, 6.45) is -1.97. The Kier molecular flexibility index (Phi) is 7.59. The van der Waals surface area contributed by atoms with Crippen LogP contribution >= 0.6 is 11.6 Å². The number of hydrogen-bond acceptors (Lipinski definition) is 6. The first kappa shape index (κ1) is 27.7. The molecule has 2 aliphatic rings. The molecule has 3 aromatic rings. The lowest BCUT2D eigenvalue weighted by atomic mass is 9.97. The predicted octanol–water partition coefficient (Wildman–Crippen LogP) is 6.81. The highest BCUT2D eigenvalue weighted by Gasteiger charge is 2.38. The lowest BCUT2D eigenvalue weighted by molar-refractivity contribution is -0.140. The van der Waals surface area contributed by atoms with E-state index in [4.69, 9.17) is 16.3 Å². The number of aldehydes is 1. The smallest absolute Gasteiger partial charge is 0.435 e. The summed E-state index contributed by atoms with van der Waals surface area (Å²) in [5.41, 5.74) is 3.53. The van der Waals surface area contributed by atoms with Gasteiger partial charge in [0, 0.05) is 30.8 Å². The van der Waals surface area contributed by atoms with Gasteiger partial charge in [0.1, 0.15) is 18.6 Å². The fourth-order valence-corrected chi connectivity index (χ4v) is 5.22. The second-order valence-corrected chi connectivity index (χ2v) is 10.5. The van der Waals surface area contributed by atoms with E-state index in [-0.39, 0.29) is 30.5 Å². The van der Waals surface area contributed by atoms with Crippen molar-refractivity contribution in [3.8, 4) is 11.6 Å². The van der Waals surface area contributed by atoms with Crippen LogP contribution in [0.25, 0.3) is 0 Å². The van der Waals surface area contributed by atoms with E-state index in [2.05, 4.69) is 9.98 Å². The van der Waals surface area contributed by atoms with E-state index in [1.54, 1.807) is 44.3 Å². The maximum absolute atomic E-state index is 14.1. The molecule has 1 aliphatic heterocycles. The van der Waals surface area contributed by atoms with Gasteiger partial charge in [-0.15, -0.1) is 0 Å². The minimum atomic E-state index is -4.72. The third-order valence-corrected chi connectivity index (χ3v) is 7.47. The van der Waals surface area contributed by atoms with E-state index < -0.39 is 11.9 Å². The van der Waals surface area contributed by atoms with Crippen molar-refractivity contribution >= 4 is 29.3 Å². The van der Waals surface area contributed by atoms with Crippen LogP contribution in [0.3, 0.4) is 0 Å². The van der Waals surface area contributed by atoms with E-state index in [9.17, 15) is 23.1 Å². The number of alkyl halides is 3. The largest absolute Gasteiger partial charge is 0.507 e. The summed E-state index contributed by atoms with van der Waals surface area (Å²) in [7, 11) is 1.56. The number of rotatable bonds is 9. The van der Waals surface area contributed by atoms with Crippen molar-refractivity contribution in [2.45, 2.75) is 32.5 Å². The number of aromatic hydroxyl groups is 1. The van der Waals surface area contributed by atoms with E-state index in [1.807, 2.05) is 0 Å². The van der Waals surface area contributed by atoms with Gasteiger partial charge in [0.2, 0.25) is 5.88 Å². The fourth-order valence-electron chi connectivity index (χ4n) is 4.96. The number of aromatic nitrogens is 1. The highest BCUT2D eigenvalue weighted by molar-refractivity contribution is 6.36. The van der Waals surface area contributed by atoms with E-state index in [0.29, 0.717) is 34.3 Å². The quantitative estimate of drug-likeness (QED) is 0.287. The van der Waals surface area contributed by atoms with Gasteiger partial charge in [-0.05, 0) is 60.6 Å². The average molecular weight is 570 g/mol. The van der Waals surface area contributed by atoms with Gasteiger partial charge in [0.05, 0.1) is 28.5 Å². The molecule has 5 rings (SSSR count). The number of carbonyl (C=O) groups is 1. The Morgan fingerprint density at radius 3 is 2.60 bits per heavy atom. The number of pyridine rings is 1. The lowest BCUT2D eigenvalue weighted by Gasteiger charge is -2.24. The maximum atomic E-state index is 14.1. The van der Waals surface area contributed by atoms with E-state index in [1.165, 1.54) is 23.1 Å². The lowest BCUT2D eigenvalue weighted by Crippen LogP contribution is -2.22. The molecule has 1 fully saturated rings. The number of halogens is 4. The molecule has 6 nitrogen and oxygen atoms in total. The normalized spacial score (nSPS) is 15.3. The average Bonchev–Trinajstić information content (AvgIpc) is 3.67. The van der Waals surface area contributed by atoms with Gasteiger partial charge >= 0.3 is 6.18 Å². The molecule has 10 heteroatoms. The number of nitrogens with zero attached hydrogens (tertiary/aromatic N) is 3. The van der Waals surface area contributed by atoms with Crippen molar-refractivity contribution in [1.82, 2.24) is 4.98 Å². The minimum absolute atomic E-state index is 0.0262. The molecule has 1 saturated carbocycles. The summed E-state index contributed by atoms with van der Waals surface area (Å²) in [6.45, 7) is 2.34. The molecule has 0 atom stereocenters.